The van der Waals surface area contributed by atoms with Gasteiger partial charge in [0.15, 0.2) is 0 Å². The van der Waals surface area contributed by atoms with Gasteiger partial charge in [0.2, 0.25) is 0 Å². The SMILES string of the molecule is Cc1c([N+](=O)[O-])cnc(NCCC2=CCCCC2)c1Br. The van der Waals surface area contributed by atoms with E-state index in [0.717, 1.165) is 13.0 Å². The lowest BCUT2D eigenvalue weighted by atomic mass is 9.97. The summed E-state index contributed by atoms with van der Waals surface area (Å²) in [5.41, 5.74) is 2.14. The number of hydrogen-bond acceptors (Lipinski definition) is 4. The molecule has 1 aliphatic rings. The van der Waals surface area contributed by atoms with Crippen molar-refractivity contribution in [3.05, 3.63) is 38.0 Å². The number of anilines is 1. The second-order valence-electron chi connectivity index (χ2n) is 4.97. The maximum Gasteiger partial charge on any atom is 0.291 e. The first-order chi connectivity index (χ1) is 9.59. The van der Waals surface area contributed by atoms with Crippen LogP contribution in [0.1, 0.15) is 37.7 Å². The molecule has 2 rings (SSSR count). The lowest BCUT2D eigenvalue weighted by molar-refractivity contribution is -0.385. The maximum atomic E-state index is 10.8. The highest BCUT2D eigenvalue weighted by molar-refractivity contribution is 9.10. The van der Waals surface area contributed by atoms with Gasteiger partial charge in [-0.1, -0.05) is 11.6 Å². The Morgan fingerprint density at radius 1 is 1.50 bits per heavy atom. The van der Waals surface area contributed by atoms with Crippen LogP contribution < -0.4 is 5.32 Å². The van der Waals surface area contributed by atoms with Gasteiger partial charge in [0, 0.05) is 12.1 Å². The van der Waals surface area contributed by atoms with Crippen molar-refractivity contribution in [2.45, 2.75) is 39.0 Å². The normalized spacial score (nSPS) is 14.8. The molecule has 1 aromatic rings. The molecular weight excluding hydrogens is 322 g/mol. The molecule has 0 bridgehead atoms. The first-order valence-electron chi connectivity index (χ1n) is 6.81. The molecule has 0 amide bonds. The quantitative estimate of drug-likeness (QED) is 0.491. The Balaban J connectivity index is 1.98. The molecule has 1 N–H and O–H groups in total. The number of aromatic nitrogens is 1. The van der Waals surface area contributed by atoms with Crippen LogP contribution in [-0.2, 0) is 0 Å². The molecule has 0 spiro atoms. The van der Waals surface area contributed by atoms with Crippen LogP contribution in [0.25, 0.3) is 0 Å². The Hall–Kier alpha value is -1.43. The van der Waals surface area contributed by atoms with Crippen LogP contribution in [0.3, 0.4) is 0 Å². The van der Waals surface area contributed by atoms with Crippen LogP contribution in [0.5, 0.6) is 0 Å². The second-order valence-corrected chi connectivity index (χ2v) is 5.77. The highest BCUT2D eigenvalue weighted by Crippen LogP contribution is 2.30. The Bertz CT molecular complexity index is 543. The largest absolute Gasteiger partial charge is 0.369 e. The molecule has 0 unspecified atom stereocenters. The van der Waals surface area contributed by atoms with Crippen LogP contribution in [0.4, 0.5) is 11.5 Å². The van der Waals surface area contributed by atoms with Crippen LogP contribution in [-0.4, -0.2) is 16.5 Å². The van der Waals surface area contributed by atoms with Crippen LogP contribution in [0, 0.1) is 17.0 Å². The molecule has 0 aliphatic heterocycles. The average molecular weight is 340 g/mol. The van der Waals surface area contributed by atoms with Crippen molar-refractivity contribution in [3.8, 4) is 0 Å². The van der Waals surface area contributed by atoms with Crippen LogP contribution in [0.2, 0.25) is 0 Å². The van der Waals surface area contributed by atoms with Crippen LogP contribution >= 0.6 is 15.9 Å². The van der Waals surface area contributed by atoms with E-state index in [9.17, 15) is 10.1 Å². The Labute approximate surface area is 126 Å². The molecule has 20 heavy (non-hydrogen) atoms. The number of halogens is 1. The molecule has 1 heterocycles. The highest BCUT2D eigenvalue weighted by atomic mass is 79.9. The lowest BCUT2D eigenvalue weighted by Crippen LogP contribution is -2.07. The Morgan fingerprint density at radius 3 is 2.95 bits per heavy atom. The fraction of sp³-hybridized carbons (Fsp3) is 0.500. The molecular formula is C14H18BrN3O2. The molecule has 0 saturated heterocycles. The minimum absolute atomic E-state index is 0.0393. The minimum Gasteiger partial charge on any atom is -0.369 e. The van der Waals surface area contributed by atoms with E-state index in [4.69, 9.17) is 0 Å². The minimum atomic E-state index is -0.413. The number of nitrogens with zero attached hydrogens (tertiary/aromatic N) is 2. The number of hydrogen-bond donors (Lipinski definition) is 1. The standard InChI is InChI=1S/C14H18BrN3O2/c1-10-12(18(19)20)9-17-14(13(10)15)16-8-7-11-5-3-2-4-6-11/h5,9H,2-4,6-8H2,1H3,(H,16,17). The van der Waals surface area contributed by atoms with E-state index < -0.39 is 4.92 Å². The van der Waals surface area contributed by atoms with E-state index in [0.29, 0.717) is 15.9 Å². The lowest BCUT2D eigenvalue weighted by Gasteiger charge is -2.14. The summed E-state index contributed by atoms with van der Waals surface area (Å²) in [5, 5.41) is 14.1. The maximum absolute atomic E-state index is 10.8. The van der Waals surface area contributed by atoms with E-state index in [1.807, 2.05) is 0 Å². The fourth-order valence-corrected chi connectivity index (χ4v) is 2.80. The van der Waals surface area contributed by atoms with Crippen molar-refractivity contribution in [1.29, 1.82) is 0 Å². The number of pyridine rings is 1. The third-order valence-electron chi connectivity index (χ3n) is 3.56. The zero-order valence-corrected chi connectivity index (χ0v) is 13.1. The van der Waals surface area contributed by atoms with Crippen molar-refractivity contribution < 1.29 is 4.92 Å². The van der Waals surface area contributed by atoms with Gasteiger partial charge < -0.3 is 5.32 Å². The molecule has 1 aliphatic carbocycles. The van der Waals surface area contributed by atoms with Crippen molar-refractivity contribution in [2.75, 3.05) is 11.9 Å². The number of allylic oxidation sites excluding steroid dienone is 1. The molecule has 5 nitrogen and oxygen atoms in total. The number of rotatable bonds is 5. The van der Waals surface area contributed by atoms with E-state index in [-0.39, 0.29) is 5.69 Å². The third-order valence-corrected chi connectivity index (χ3v) is 4.53. The molecule has 0 aromatic carbocycles. The predicted octanol–water partition coefficient (Wildman–Crippen LogP) is 4.36. The summed E-state index contributed by atoms with van der Waals surface area (Å²) < 4.78 is 0.671. The van der Waals surface area contributed by atoms with Crippen molar-refractivity contribution in [1.82, 2.24) is 4.98 Å². The molecule has 1 aromatic heterocycles. The molecule has 0 saturated carbocycles. The number of nitro groups is 1. The predicted molar refractivity (Wildman–Crippen MR) is 83.0 cm³/mol. The first-order valence-corrected chi connectivity index (χ1v) is 7.60. The summed E-state index contributed by atoms with van der Waals surface area (Å²) >= 11 is 3.38. The summed E-state index contributed by atoms with van der Waals surface area (Å²) in [6, 6.07) is 0. The number of nitrogens with one attached hydrogen (secondary N) is 1. The molecule has 6 heteroatoms. The van der Waals surface area contributed by atoms with Gasteiger partial charge in [-0.3, -0.25) is 10.1 Å². The van der Waals surface area contributed by atoms with E-state index in [1.54, 1.807) is 6.92 Å². The zero-order chi connectivity index (χ0) is 14.5. The smallest absolute Gasteiger partial charge is 0.291 e. The van der Waals surface area contributed by atoms with Gasteiger partial charge in [0.05, 0.1) is 9.40 Å². The summed E-state index contributed by atoms with van der Waals surface area (Å²) in [6.45, 7) is 2.52. The topological polar surface area (TPSA) is 68.1 Å². The third kappa shape index (κ3) is 3.56. The molecule has 0 atom stereocenters. The van der Waals surface area contributed by atoms with E-state index in [1.165, 1.54) is 37.5 Å². The fourth-order valence-electron chi connectivity index (χ4n) is 2.35. The monoisotopic (exact) mass is 339 g/mol. The summed E-state index contributed by atoms with van der Waals surface area (Å²) in [7, 11) is 0. The van der Waals surface area contributed by atoms with Gasteiger partial charge in [-0.25, -0.2) is 4.98 Å². The van der Waals surface area contributed by atoms with Crippen molar-refractivity contribution in [3.63, 3.8) is 0 Å². The summed E-state index contributed by atoms with van der Waals surface area (Å²) in [4.78, 5) is 14.5. The average Bonchev–Trinajstić information content (AvgIpc) is 2.44. The summed E-state index contributed by atoms with van der Waals surface area (Å²) in [6.07, 6.45) is 9.60. The Morgan fingerprint density at radius 2 is 2.30 bits per heavy atom. The molecule has 108 valence electrons. The molecule has 0 fully saturated rings. The first kappa shape index (κ1) is 15.0. The van der Waals surface area contributed by atoms with Gasteiger partial charge in [-0.15, -0.1) is 0 Å². The van der Waals surface area contributed by atoms with Gasteiger partial charge in [-0.2, -0.15) is 0 Å². The second kappa shape index (κ2) is 6.83. The van der Waals surface area contributed by atoms with Gasteiger partial charge >= 0.3 is 0 Å². The Kier molecular flexibility index (Phi) is 5.11. The van der Waals surface area contributed by atoms with Gasteiger partial charge in [0.1, 0.15) is 12.0 Å². The van der Waals surface area contributed by atoms with Crippen LogP contribution in [0.15, 0.2) is 22.3 Å². The van der Waals surface area contributed by atoms with Crippen molar-refractivity contribution in [2.24, 2.45) is 0 Å². The van der Waals surface area contributed by atoms with E-state index >= 15 is 0 Å². The van der Waals surface area contributed by atoms with Gasteiger partial charge in [0.25, 0.3) is 5.69 Å². The highest BCUT2D eigenvalue weighted by Gasteiger charge is 2.16. The molecule has 0 radical (unpaired) electrons. The van der Waals surface area contributed by atoms with Crippen molar-refractivity contribution >= 4 is 27.4 Å². The van der Waals surface area contributed by atoms with E-state index in [2.05, 4.69) is 32.3 Å². The van der Waals surface area contributed by atoms with Gasteiger partial charge in [-0.05, 0) is 55.0 Å². The summed E-state index contributed by atoms with van der Waals surface area (Å²) in [5.74, 6) is 0.671. The zero-order valence-electron chi connectivity index (χ0n) is 11.5.